The number of nitrogens with one attached hydrogen (secondary N) is 2. The van der Waals surface area contributed by atoms with Crippen LogP contribution in [-0.4, -0.2) is 30.6 Å². The first kappa shape index (κ1) is 22.7. The highest BCUT2D eigenvalue weighted by Crippen LogP contribution is 2.13. The summed E-state index contributed by atoms with van der Waals surface area (Å²) in [7, 11) is 0. The van der Waals surface area contributed by atoms with E-state index in [4.69, 9.17) is 4.74 Å². The van der Waals surface area contributed by atoms with E-state index in [1.54, 1.807) is 12.1 Å². The topological polar surface area (TPSA) is 88.8 Å². The maximum atomic E-state index is 10.8. The van der Waals surface area contributed by atoms with E-state index < -0.39 is 4.92 Å². The second-order valence-electron chi connectivity index (χ2n) is 5.56. The van der Waals surface area contributed by atoms with Crippen molar-refractivity contribution < 1.29 is 9.66 Å². The van der Waals surface area contributed by atoms with E-state index in [0.29, 0.717) is 25.7 Å². The molecule has 0 atom stereocenters. The quantitative estimate of drug-likeness (QED) is 0.141. The third-order valence-electron chi connectivity index (χ3n) is 3.51. The van der Waals surface area contributed by atoms with Crippen molar-refractivity contribution in [2.75, 3.05) is 19.7 Å². The molecule has 0 unspecified atom stereocenters. The van der Waals surface area contributed by atoms with Gasteiger partial charge in [-0.25, -0.2) is 4.99 Å². The van der Waals surface area contributed by atoms with Gasteiger partial charge in [0.2, 0.25) is 0 Å². The van der Waals surface area contributed by atoms with Gasteiger partial charge in [-0.15, -0.1) is 24.0 Å². The predicted molar refractivity (Wildman–Crippen MR) is 118 cm³/mol. The number of para-hydroxylation sites is 1. The number of hydrogen-bond donors (Lipinski definition) is 2. The average Bonchev–Trinajstić information content (AvgIpc) is 2.66. The fraction of sp³-hybridized carbons (Fsp3) is 0.316. The SMILES string of the molecule is CCNC(=NCc1cccc([N+](=O)[O-])c1)NCCCOc1ccccc1.I. The highest BCUT2D eigenvalue weighted by molar-refractivity contribution is 14.0. The normalized spacial score (nSPS) is 10.6. The van der Waals surface area contributed by atoms with Crippen LogP contribution in [0, 0.1) is 10.1 Å². The first-order valence-corrected chi connectivity index (χ1v) is 8.62. The van der Waals surface area contributed by atoms with E-state index in [1.165, 1.54) is 6.07 Å². The minimum atomic E-state index is -0.399. The molecule has 146 valence electrons. The molecule has 0 amide bonds. The van der Waals surface area contributed by atoms with Crippen LogP contribution in [0.3, 0.4) is 0 Å². The van der Waals surface area contributed by atoms with E-state index in [0.717, 1.165) is 24.3 Å². The van der Waals surface area contributed by atoms with Crippen LogP contribution in [0.2, 0.25) is 0 Å². The summed E-state index contributed by atoms with van der Waals surface area (Å²) >= 11 is 0. The number of non-ortho nitro benzene ring substituents is 1. The van der Waals surface area contributed by atoms with Gasteiger partial charge in [-0.1, -0.05) is 30.3 Å². The smallest absolute Gasteiger partial charge is 0.269 e. The van der Waals surface area contributed by atoms with Crippen molar-refractivity contribution in [1.29, 1.82) is 0 Å². The van der Waals surface area contributed by atoms with Crippen LogP contribution in [0.5, 0.6) is 5.75 Å². The van der Waals surface area contributed by atoms with Crippen LogP contribution in [0.25, 0.3) is 0 Å². The number of nitro benzene ring substituents is 1. The summed E-state index contributed by atoms with van der Waals surface area (Å²) < 4.78 is 5.65. The van der Waals surface area contributed by atoms with Gasteiger partial charge in [-0.2, -0.15) is 0 Å². The Bertz CT molecular complexity index is 726. The molecule has 0 spiro atoms. The molecule has 0 aliphatic rings. The zero-order valence-electron chi connectivity index (χ0n) is 15.3. The second kappa shape index (κ2) is 12.9. The number of ether oxygens (including phenoxy) is 1. The molecule has 0 aliphatic heterocycles. The Hall–Kier alpha value is -2.36. The van der Waals surface area contributed by atoms with Crippen molar-refractivity contribution in [3.05, 3.63) is 70.3 Å². The van der Waals surface area contributed by atoms with Gasteiger partial charge in [-0.05, 0) is 31.0 Å². The van der Waals surface area contributed by atoms with Crippen molar-refractivity contribution in [3.63, 3.8) is 0 Å². The summed E-state index contributed by atoms with van der Waals surface area (Å²) in [5, 5.41) is 17.2. The molecule has 0 aromatic heterocycles. The molecule has 2 N–H and O–H groups in total. The Morgan fingerprint density at radius 3 is 2.63 bits per heavy atom. The summed E-state index contributed by atoms with van der Waals surface area (Å²) in [5.74, 6) is 1.54. The monoisotopic (exact) mass is 484 g/mol. The lowest BCUT2D eigenvalue weighted by Crippen LogP contribution is -2.38. The number of aliphatic imine (C=N–C) groups is 1. The zero-order valence-corrected chi connectivity index (χ0v) is 17.6. The van der Waals surface area contributed by atoms with E-state index in [-0.39, 0.29) is 29.7 Å². The lowest BCUT2D eigenvalue weighted by molar-refractivity contribution is -0.384. The number of benzene rings is 2. The van der Waals surface area contributed by atoms with Gasteiger partial charge in [0.25, 0.3) is 5.69 Å². The van der Waals surface area contributed by atoms with Gasteiger partial charge in [0.15, 0.2) is 5.96 Å². The van der Waals surface area contributed by atoms with E-state index in [9.17, 15) is 10.1 Å². The van der Waals surface area contributed by atoms with E-state index >= 15 is 0 Å². The Balaban J connectivity index is 0.00000364. The molecular formula is C19H25IN4O3. The third kappa shape index (κ3) is 8.72. The van der Waals surface area contributed by atoms with Crippen LogP contribution >= 0.6 is 24.0 Å². The van der Waals surface area contributed by atoms with E-state index in [2.05, 4.69) is 15.6 Å². The highest BCUT2D eigenvalue weighted by Gasteiger charge is 2.05. The van der Waals surface area contributed by atoms with Gasteiger partial charge < -0.3 is 15.4 Å². The Morgan fingerprint density at radius 2 is 1.93 bits per heavy atom. The fourth-order valence-electron chi connectivity index (χ4n) is 2.27. The largest absolute Gasteiger partial charge is 0.494 e. The molecule has 0 saturated carbocycles. The van der Waals surface area contributed by atoms with Crippen molar-refractivity contribution in [1.82, 2.24) is 10.6 Å². The van der Waals surface area contributed by atoms with Crippen LogP contribution in [0.1, 0.15) is 18.9 Å². The van der Waals surface area contributed by atoms with Crippen molar-refractivity contribution in [2.24, 2.45) is 4.99 Å². The maximum absolute atomic E-state index is 10.8. The molecule has 7 nitrogen and oxygen atoms in total. The molecule has 0 bridgehead atoms. The Kier molecular flexibility index (Phi) is 10.8. The molecule has 0 aliphatic carbocycles. The molecule has 2 aromatic rings. The number of halogens is 1. The average molecular weight is 484 g/mol. The van der Waals surface area contributed by atoms with Gasteiger partial charge in [0.1, 0.15) is 5.75 Å². The lowest BCUT2D eigenvalue weighted by atomic mass is 10.2. The van der Waals surface area contributed by atoms with Crippen LogP contribution in [0.4, 0.5) is 5.69 Å². The summed E-state index contributed by atoms with van der Waals surface area (Å²) in [4.78, 5) is 14.9. The molecule has 0 saturated heterocycles. The molecule has 8 heteroatoms. The molecule has 2 rings (SSSR count). The second-order valence-corrected chi connectivity index (χ2v) is 5.56. The molecule has 2 aromatic carbocycles. The molecule has 27 heavy (non-hydrogen) atoms. The van der Waals surface area contributed by atoms with Crippen molar-refractivity contribution >= 4 is 35.6 Å². The van der Waals surface area contributed by atoms with Crippen molar-refractivity contribution in [3.8, 4) is 5.75 Å². The zero-order chi connectivity index (χ0) is 18.6. The summed E-state index contributed by atoms with van der Waals surface area (Å²) in [6, 6.07) is 16.2. The molecule has 0 heterocycles. The molecule has 0 fully saturated rings. The van der Waals surface area contributed by atoms with Gasteiger partial charge in [0.05, 0.1) is 18.1 Å². The number of hydrogen-bond acceptors (Lipinski definition) is 4. The van der Waals surface area contributed by atoms with Gasteiger partial charge in [0, 0.05) is 25.2 Å². The van der Waals surface area contributed by atoms with Crippen LogP contribution in [-0.2, 0) is 6.54 Å². The number of nitro groups is 1. The third-order valence-corrected chi connectivity index (χ3v) is 3.51. The molecule has 0 radical (unpaired) electrons. The minimum Gasteiger partial charge on any atom is -0.494 e. The predicted octanol–water partition coefficient (Wildman–Crippen LogP) is 3.74. The van der Waals surface area contributed by atoms with E-state index in [1.807, 2.05) is 43.3 Å². The lowest BCUT2D eigenvalue weighted by Gasteiger charge is -2.11. The Morgan fingerprint density at radius 1 is 1.15 bits per heavy atom. The van der Waals surface area contributed by atoms with Gasteiger partial charge >= 0.3 is 0 Å². The van der Waals surface area contributed by atoms with Gasteiger partial charge in [-0.3, -0.25) is 10.1 Å². The summed E-state index contributed by atoms with van der Waals surface area (Å²) in [6.07, 6.45) is 0.829. The number of nitrogens with zero attached hydrogens (tertiary/aromatic N) is 2. The van der Waals surface area contributed by atoms with Crippen molar-refractivity contribution in [2.45, 2.75) is 19.9 Å². The summed E-state index contributed by atoms with van der Waals surface area (Å²) in [5.41, 5.74) is 0.873. The fourth-order valence-corrected chi connectivity index (χ4v) is 2.27. The number of rotatable bonds is 9. The first-order chi connectivity index (χ1) is 12.7. The highest BCUT2D eigenvalue weighted by atomic mass is 127. The minimum absolute atomic E-state index is 0. The Labute approximate surface area is 176 Å². The first-order valence-electron chi connectivity index (χ1n) is 8.62. The standard InChI is InChI=1S/C19H24N4O3.HI/c1-2-20-19(21-12-7-13-26-18-10-4-3-5-11-18)22-15-16-8-6-9-17(14-16)23(24)25;/h3-6,8-11,14H,2,7,12-13,15H2,1H3,(H2,20,21,22);1H. The molecular weight excluding hydrogens is 459 g/mol. The van der Waals surface area contributed by atoms with Crippen LogP contribution < -0.4 is 15.4 Å². The number of guanidine groups is 1. The summed E-state index contributed by atoms with van der Waals surface area (Å²) in [6.45, 7) is 4.43. The van der Waals surface area contributed by atoms with Crippen LogP contribution in [0.15, 0.2) is 59.6 Å². The maximum Gasteiger partial charge on any atom is 0.269 e.